The first-order valence-corrected chi connectivity index (χ1v) is 8.76. The molecule has 2 rings (SSSR count). The van der Waals surface area contributed by atoms with Gasteiger partial charge in [-0.2, -0.15) is 13.2 Å². The van der Waals surface area contributed by atoms with Crippen LogP contribution in [0.15, 0.2) is 18.2 Å². The minimum atomic E-state index is -5.06. The van der Waals surface area contributed by atoms with E-state index in [0.29, 0.717) is 10.5 Å². The summed E-state index contributed by atoms with van der Waals surface area (Å²) >= 11 is 12.7. The van der Waals surface area contributed by atoms with E-state index in [1.54, 1.807) is 6.92 Å². The monoisotopic (exact) mass is 411 g/mol. The number of nitrogens with zero attached hydrogens (tertiary/aromatic N) is 1. The molecule has 4 nitrogen and oxygen atoms in total. The van der Waals surface area contributed by atoms with E-state index in [4.69, 9.17) is 27.9 Å². The van der Waals surface area contributed by atoms with Crippen molar-refractivity contribution in [3.63, 3.8) is 0 Å². The molecule has 144 valence electrons. The second kappa shape index (κ2) is 7.27. The lowest BCUT2D eigenvalue weighted by Crippen LogP contribution is -2.60. The van der Waals surface area contributed by atoms with E-state index >= 15 is 0 Å². The number of fused-ring (bicyclic) bond motifs is 1. The molecule has 0 fully saturated rings. The van der Waals surface area contributed by atoms with Gasteiger partial charge in [0, 0.05) is 5.69 Å². The van der Waals surface area contributed by atoms with Gasteiger partial charge in [-0.1, -0.05) is 12.1 Å². The number of anilines is 1. The third kappa shape index (κ3) is 3.78. The Morgan fingerprint density at radius 2 is 1.88 bits per heavy atom. The van der Waals surface area contributed by atoms with E-state index in [1.165, 1.54) is 32.0 Å². The lowest BCUT2D eigenvalue weighted by Gasteiger charge is -2.48. The number of esters is 1. The third-order valence-corrected chi connectivity index (χ3v) is 5.64. The average Bonchev–Trinajstić information content (AvgIpc) is 2.52. The van der Waals surface area contributed by atoms with E-state index in [1.807, 2.05) is 0 Å². The molecule has 0 N–H and O–H groups in total. The maximum atomic E-state index is 13.1. The van der Waals surface area contributed by atoms with Crippen molar-refractivity contribution in [1.82, 2.24) is 0 Å². The topological polar surface area (TPSA) is 46.6 Å². The summed E-state index contributed by atoms with van der Waals surface area (Å²) in [6, 6.07) is 4.32. The molecule has 0 aliphatic carbocycles. The summed E-state index contributed by atoms with van der Waals surface area (Å²) in [5.41, 5.74) is -0.556. The predicted octanol–water partition coefficient (Wildman–Crippen LogP) is 4.37. The Labute approximate surface area is 159 Å². The van der Waals surface area contributed by atoms with Gasteiger partial charge in [-0.3, -0.25) is 14.5 Å². The van der Waals surface area contributed by atoms with E-state index in [2.05, 4.69) is 0 Å². The molecule has 0 saturated carbocycles. The fourth-order valence-corrected chi connectivity index (χ4v) is 3.68. The van der Waals surface area contributed by atoms with Crippen molar-refractivity contribution in [2.24, 2.45) is 0 Å². The molecule has 1 aliphatic rings. The molecule has 0 aromatic heterocycles. The zero-order chi connectivity index (χ0) is 19.9. The highest BCUT2D eigenvalue weighted by Crippen LogP contribution is 2.49. The summed E-state index contributed by atoms with van der Waals surface area (Å²) in [5, 5.41) is -1.80. The van der Waals surface area contributed by atoms with Gasteiger partial charge >= 0.3 is 18.1 Å². The largest absolute Gasteiger partial charge is 0.471 e. The molecule has 26 heavy (non-hydrogen) atoms. The molecule has 2 atom stereocenters. The number of hydrogen-bond donors (Lipinski definition) is 0. The standard InChI is InChI=1S/C17H18Cl2F3NO3/c1-4-26-12(24)8-9-5-6-11-10(7-9)13(18)14(19)16(2,3)23(11)15(25)17(20,21)22/h5-7,13-14H,4,8H2,1-3H3/t13-,14-/m1/s1. The van der Waals surface area contributed by atoms with Gasteiger partial charge in [0.05, 0.1) is 29.3 Å². The van der Waals surface area contributed by atoms with E-state index in [-0.39, 0.29) is 24.3 Å². The van der Waals surface area contributed by atoms with Crippen molar-refractivity contribution < 1.29 is 27.5 Å². The van der Waals surface area contributed by atoms with Gasteiger partial charge in [-0.15, -0.1) is 23.2 Å². The Hall–Kier alpha value is -1.47. The number of ether oxygens (including phenoxy) is 1. The normalized spacial score (nSPS) is 21.9. The first kappa shape index (κ1) is 20.8. The molecule has 1 aliphatic heterocycles. The SMILES string of the molecule is CCOC(=O)Cc1ccc2c(c1)[C@@H](Cl)[C@@H](Cl)C(C)(C)N2C(=O)C(F)(F)F. The Morgan fingerprint density at radius 1 is 1.27 bits per heavy atom. The number of carbonyl (C=O) groups excluding carboxylic acids is 2. The number of alkyl halides is 5. The Bertz CT molecular complexity index is 722. The highest BCUT2D eigenvalue weighted by molar-refractivity contribution is 6.32. The summed E-state index contributed by atoms with van der Waals surface area (Å²) in [5.74, 6) is -2.49. The summed E-state index contributed by atoms with van der Waals surface area (Å²) in [7, 11) is 0. The molecule has 9 heteroatoms. The minimum absolute atomic E-state index is 0.0295. The van der Waals surface area contributed by atoms with Crippen molar-refractivity contribution in [2.75, 3.05) is 11.5 Å². The van der Waals surface area contributed by atoms with E-state index < -0.39 is 34.3 Å². The molecule has 1 aromatic rings. The predicted molar refractivity (Wildman–Crippen MR) is 92.6 cm³/mol. The second-order valence-electron chi connectivity index (χ2n) is 6.47. The number of amides is 1. The van der Waals surface area contributed by atoms with Gasteiger partial charge in [0.1, 0.15) is 0 Å². The van der Waals surface area contributed by atoms with Crippen molar-refractivity contribution in [3.05, 3.63) is 29.3 Å². The Balaban J connectivity index is 2.53. The molecule has 0 spiro atoms. The van der Waals surface area contributed by atoms with Crippen LogP contribution in [0.4, 0.5) is 18.9 Å². The second-order valence-corrected chi connectivity index (χ2v) is 7.41. The highest BCUT2D eigenvalue weighted by Gasteiger charge is 2.54. The van der Waals surface area contributed by atoms with Gasteiger partial charge in [0.15, 0.2) is 0 Å². The third-order valence-electron chi connectivity index (χ3n) is 4.24. The van der Waals surface area contributed by atoms with Crippen LogP contribution in [-0.4, -0.2) is 35.6 Å². The van der Waals surface area contributed by atoms with Crippen LogP contribution in [0.1, 0.15) is 37.3 Å². The summed E-state index contributed by atoms with van der Waals surface area (Å²) in [6.45, 7) is 4.74. The zero-order valence-electron chi connectivity index (χ0n) is 14.4. The van der Waals surface area contributed by atoms with Crippen LogP contribution in [-0.2, 0) is 20.7 Å². The van der Waals surface area contributed by atoms with Gasteiger partial charge in [0.25, 0.3) is 0 Å². The molecular weight excluding hydrogens is 394 g/mol. The maximum Gasteiger partial charge on any atom is 0.471 e. The number of carbonyl (C=O) groups is 2. The zero-order valence-corrected chi connectivity index (χ0v) is 15.9. The Morgan fingerprint density at radius 3 is 2.42 bits per heavy atom. The fraction of sp³-hybridized carbons (Fsp3) is 0.529. The lowest BCUT2D eigenvalue weighted by molar-refractivity contribution is -0.171. The van der Waals surface area contributed by atoms with E-state index in [0.717, 1.165) is 0 Å². The van der Waals surface area contributed by atoms with Crippen LogP contribution in [0.2, 0.25) is 0 Å². The van der Waals surface area contributed by atoms with Crippen LogP contribution in [0, 0.1) is 0 Å². The summed E-state index contributed by atoms with van der Waals surface area (Å²) in [4.78, 5) is 24.3. The summed E-state index contributed by atoms with van der Waals surface area (Å²) < 4.78 is 44.2. The minimum Gasteiger partial charge on any atom is -0.466 e. The molecule has 1 aromatic carbocycles. The molecule has 0 saturated heterocycles. The van der Waals surface area contributed by atoms with Gasteiger partial charge in [-0.05, 0) is 38.0 Å². The van der Waals surface area contributed by atoms with Crippen LogP contribution >= 0.6 is 23.2 Å². The van der Waals surface area contributed by atoms with Crippen molar-refractivity contribution in [1.29, 1.82) is 0 Å². The number of benzene rings is 1. The van der Waals surface area contributed by atoms with Crippen molar-refractivity contribution >= 4 is 40.8 Å². The van der Waals surface area contributed by atoms with Crippen molar-refractivity contribution in [3.8, 4) is 0 Å². The first-order valence-electron chi connectivity index (χ1n) is 7.89. The van der Waals surface area contributed by atoms with Crippen LogP contribution in [0.25, 0.3) is 0 Å². The van der Waals surface area contributed by atoms with Crippen molar-refractivity contribution in [2.45, 2.75) is 49.7 Å². The van der Waals surface area contributed by atoms with Crippen LogP contribution < -0.4 is 4.90 Å². The molecule has 1 heterocycles. The number of rotatable bonds is 3. The highest BCUT2D eigenvalue weighted by atomic mass is 35.5. The molecule has 0 unspecified atom stereocenters. The van der Waals surface area contributed by atoms with Crippen LogP contribution in [0.5, 0.6) is 0 Å². The smallest absolute Gasteiger partial charge is 0.466 e. The summed E-state index contributed by atoms with van der Waals surface area (Å²) in [6.07, 6.45) is -5.12. The maximum absolute atomic E-state index is 13.1. The van der Waals surface area contributed by atoms with Gasteiger partial charge < -0.3 is 4.74 Å². The van der Waals surface area contributed by atoms with Crippen LogP contribution in [0.3, 0.4) is 0 Å². The lowest BCUT2D eigenvalue weighted by atomic mass is 9.84. The van der Waals surface area contributed by atoms with E-state index in [9.17, 15) is 22.8 Å². The molecule has 1 amide bonds. The van der Waals surface area contributed by atoms with Gasteiger partial charge in [-0.25, -0.2) is 0 Å². The number of halogens is 5. The first-order chi connectivity index (χ1) is 11.9. The molecule has 0 radical (unpaired) electrons. The molecular formula is C17H18Cl2F3NO3. The quantitative estimate of drug-likeness (QED) is 0.547. The Kier molecular flexibility index (Phi) is 5.83. The number of hydrogen-bond acceptors (Lipinski definition) is 3. The fourth-order valence-electron chi connectivity index (χ4n) is 2.96. The van der Waals surface area contributed by atoms with Gasteiger partial charge in [0.2, 0.25) is 0 Å². The molecule has 0 bridgehead atoms. The average molecular weight is 412 g/mol.